The third-order valence-electron chi connectivity index (χ3n) is 2.77. The fourth-order valence-electron chi connectivity index (χ4n) is 1.79. The molecule has 0 spiro atoms. The van der Waals surface area contributed by atoms with E-state index in [1.54, 1.807) is 14.2 Å². The molecule has 1 aromatic carbocycles. The molecule has 1 rings (SSSR count). The third kappa shape index (κ3) is 5.44. The van der Waals surface area contributed by atoms with E-state index in [4.69, 9.17) is 8.85 Å². The van der Waals surface area contributed by atoms with E-state index < -0.39 is 9.28 Å². The number of aryl methyl sites for hydroxylation is 1. The van der Waals surface area contributed by atoms with Crippen molar-refractivity contribution in [1.29, 1.82) is 0 Å². The number of benzene rings is 1. The Kier molecular flexibility index (Phi) is 7.13. The number of hydrogen-bond donors (Lipinski definition) is 0. The fraction of sp³-hybridized carbons (Fsp3) is 0.538. The van der Waals surface area contributed by atoms with E-state index in [1.165, 1.54) is 31.2 Å². The van der Waals surface area contributed by atoms with Gasteiger partial charge in [0.2, 0.25) is 0 Å². The van der Waals surface area contributed by atoms with Gasteiger partial charge in [-0.25, -0.2) is 0 Å². The second-order valence-corrected chi connectivity index (χ2v) is 6.37. The molecule has 0 heterocycles. The molecule has 0 bridgehead atoms. The lowest BCUT2D eigenvalue weighted by Gasteiger charge is -2.10. The van der Waals surface area contributed by atoms with Crippen LogP contribution in [0.1, 0.15) is 24.8 Å². The summed E-state index contributed by atoms with van der Waals surface area (Å²) in [5.74, 6) is 0. The molecule has 0 saturated carbocycles. The molecular weight excluding hydrogens is 216 g/mol. The van der Waals surface area contributed by atoms with E-state index in [1.807, 2.05) is 0 Å². The molecule has 0 radical (unpaired) electrons. The Bertz CT molecular complexity index is 260. The summed E-state index contributed by atoms with van der Waals surface area (Å²) >= 11 is 0. The fourth-order valence-corrected chi connectivity index (χ4v) is 3.08. The van der Waals surface area contributed by atoms with Gasteiger partial charge in [-0.05, 0) is 24.4 Å². The normalized spacial score (nSPS) is 10.9. The van der Waals surface area contributed by atoms with Crippen LogP contribution >= 0.6 is 0 Å². The van der Waals surface area contributed by atoms with Gasteiger partial charge in [0.1, 0.15) is 0 Å². The second kappa shape index (κ2) is 8.50. The topological polar surface area (TPSA) is 18.5 Å². The van der Waals surface area contributed by atoms with Crippen LogP contribution in [0.3, 0.4) is 0 Å². The third-order valence-corrected chi connectivity index (χ3v) is 4.71. The molecule has 0 fully saturated rings. The Morgan fingerprint density at radius 3 is 2.25 bits per heavy atom. The van der Waals surface area contributed by atoms with Crippen LogP contribution in [0.15, 0.2) is 30.3 Å². The van der Waals surface area contributed by atoms with Crippen LogP contribution in [0.5, 0.6) is 0 Å². The summed E-state index contributed by atoms with van der Waals surface area (Å²) < 4.78 is 10.6. The van der Waals surface area contributed by atoms with E-state index in [-0.39, 0.29) is 0 Å². The zero-order valence-corrected chi connectivity index (χ0v) is 11.5. The summed E-state index contributed by atoms with van der Waals surface area (Å²) in [5, 5.41) is 0. The molecule has 2 nitrogen and oxygen atoms in total. The molecule has 0 atom stereocenters. The maximum absolute atomic E-state index is 5.28. The van der Waals surface area contributed by atoms with Crippen molar-refractivity contribution >= 4 is 9.28 Å². The van der Waals surface area contributed by atoms with Gasteiger partial charge in [0, 0.05) is 14.2 Å². The van der Waals surface area contributed by atoms with Crippen LogP contribution in [0, 0.1) is 0 Å². The second-order valence-electron chi connectivity index (χ2n) is 3.99. The van der Waals surface area contributed by atoms with Gasteiger partial charge in [-0.3, -0.25) is 0 Å². The molecule has 0 aromatic heterocycles. The maximum atomic E-state index is 5.28. The van der Waals surface area contributed by atoms with E-state index >= 15 is 0 Å². The molecule has 16 heavy (non-hydrogen) atoms. The minimum atomic E-state index is -1.31. The van der Waals surface area contributed by atoms with Crippen LogP contribution in [0.25, 0.3) is 0 Å². The Morgan fingerprint density at radius 1 is 0.938 bits per heavy atom. The highest BCUT2D eigenvalue weighted by molar-refractivity contribution is 6.44. The summed E-state index contributed by atoms with van der Waals surface area (Å²) in [6.07, 6.45) is 4.95. The highest BCUT2D eigenvalue weighted by Crippen LogP contribution is 2.09. The summed E-state index contributed by atoms with van der Waals surface area (Å²) in [7, 11) is 2.20. The van der Waals surface area contributed by atoms with Crippen LogP contribution in [-0.2, 0) is 15.3 Å². The van der Waals surface area contributed by atoms with Gasteiger partial charge in [-0.2, -0.15) is 0 Å². The molecule has 0 N–H and O–H groups in total. The van der Waals surface area contributed by atoms with Gasteiger partial charge in [0.25, 0.3) is 0 Å². The van der Waals surface area contributed by atoms with Gasteiger partial charge in [-0.1, -0.05) is 43.2 Å². The lowest BCUT2D eigenvalue weighted by Crippen LogP contribution is -2.18. The standard InChI is InChI=1S/C13H22O2Si/c1-14-16(15-2)12-8-4-7-11-13-9-5-3-6-10-13/h3,5-6,9-10,16H,4,7-8,11-12H2,1-2H3. The first-order chi connectivity index (χ1) is 7.86. The van der Waals surface area contributed by atoms with Crippen LogP contribution in [0.2, 0.25) is 6.04 Å². The Hall–Kier alpha value is -0.643. The van der Waals surface area contributed by atoms with E-state index in [0.29, 0.717) is 0 Å². The van der Waals surface area contributed by atoms with Crippen LogP contribution in [0.4, 0.5) is 0 Å². The molecule has 0 unspecified atom stereocenters. The van der Waals surface area contributed by atoms with Gasteiger partial charge in [-0.15, -0.1) is 0 Å². The maximum Gasteiger partial charge on any atom is 0.320 e. The first kappa shape index (κ1) is 13.4. The largest absolute Gasteiger partial charge is 0.400 e. The molecule has 3 heteroatoms. The summed E-state index contributed by atoms with van der Waals surface area (Å²) in [5.41, 5.74) is 1.44. The van der Waals surface area contributed by atoms with E-state index in [0.717, 1.165) is 6.04 Å². The van der Waals surface area contributed by atoms with Crippen molar-refractivity contribution in [1.82, 2.24) is 0 Å². The Labute approximate surface area is 100 Å². The van der Waals surface area contributed by atoms with Crippen molar-refractivity contribution in [3.63, 3.8) is 0 Å². The van der Waals surface area contributed by atoms with Crippen molar-refractivity contribution in [3.8, 4) is 0 Å². The van der Waals surface area contributed by atoms with Crippen molar-refractivity contribution in [2.75, 3.05) is 14.2 Å². The molecule has 0 aliphatic heterocycles. The van der Waals surface area contributed by atoms with Crippen LogP contribution in [-0.4, -0.2) is 23.5 Å². The van der Waals surface area contributed by atoms with Crippen molar-refractivity contribution in [2.45, 2.75) is 31.7 Å². The molecular formula is C13H22O2Si. The van der Waals surface area contributed by atoms with Crippen molar-refractivity contribution < 1.29 is 8.85 Å². The van der Waals surface area contributed by atoms with Gasteiger partial charge >= 0.3 is 9.28 Å². The summed E-state index contributed by atoms with van der Waals surface area (Å²) in [6, 6.07) is 11.8. The minimum absolute atomic E-state index is 1.13. The minimum Gasteiger partial charge on any atom is -0.400 e. The monoisotopic (exact) mass is 238 g/mol. The quantitative estimate of drug-likeness (QED) is 0.512. The smallest absolute Gasteiger partial charge is 0.320 e. The highest BCUT2D eigenvalue weighted by Gasteiger charge is 2.07. The van der Waals surface area contributed by atoms with Crippen molar-refractivity contribution in [2.24, 2.45) is 0 Å². The molecule has 0 aliphatic carbocycles. The Balaban J connectivity index is 2.04. The highest BCUT2D eigenvalue weighted by atomic mass is 28.3. The summed E-state index contributed by atoms with van der Waals surface area (Å²) in [6.45, 7) is 0. The van der Waals surface area contributed by atoms with Gasteiger partial charge in [0.05, 0.1) is 0 Å². The molecule has 0 aliphatic rings. The number of unbranched alkanes of at least 4 members (excludes halogenated alkanes) is 2. The van der Waals surface area contributed by atoms with Crippen molar-refractivity contribution in [3.05, 3.63) is 35.9 Å². The zero-order chi connectivity index (χ0) is 11.6. The number of rotatable bonds is 8. The number of hydrogen-bond acceptors (Lipinski definition) is 2. The predicted octanol–water partition coefficient (Wildman–Crippen LogP) is 2.91. The first-order valence-corrected chi connectivity index (χ1v) is 7.72. The summed E-state index contributed by atoms with van der Waals surface area (Å²) in [4.78, 5) is 0. The lowest BCUT2D eigenvalue weighted by molar-refractivity contribution is 0.276. The molecule has 0 saturated heterocycles. The van der Waals surface area contributed by atoms with Gasteiger partial charge in [0.15, 0.2) is 0 Å². The van der Waals surface area contributed by atoms with E-state index in [9.17, 15) is 0 Å². The SMILES string of the molecule is CO[SiH](CCCCCc1ccccc1)OC. The predicted molar refractivity (Wildman–Crippen MR) is 70.0 cm³/mol. The van der Waals surface area contributed by atoms with Gasteiger partial charge < -0.3 is 8.85 Å². The van der Waals surface area contributed by atoms with E-state index in [2.05, 4.69) is 30.3 Å². The first-order valence-electron chi connectivity index (χ1n) is 5.96. The average molecular weight is 238 g/mol. The molecule has 1 aromatic rings. The average Bonchev–Trinajstić information content (AvgIpc) is 2.35. The molecule has 90 valence electrons. The Morgan fingerprint density at radius 2 is 1.62 bits per heavy atom. The molecule has 0 amide bonds. The zero-order valence-electron chi connectivity index (χ0n) is 10.3. The van der Waals surface area contributed by atoms with Crippen LogP contribution < -0.4 is 0 Å². The lowest BCUT2D eigenvalue weighted by atomic mass is 10.1.